The first-order valence-electron chi connectivity index (χ1n) is 7.31. The monoisotopic (exact) mass is 299 g/mol. The van der Waals surface area contributed by atoms with Gasteiger partial charge in [0, 0.05) is 17.5 Å². The zero-order valence-corrected chi connectivity index (χ0v) is 12.5. The molecular formula is C15H17N5S. The smallest absolute Gasteiger partial charge is 0.234 e. The minimum absolute atomic E-state index is 0.0549. The number of fused-ring (bicyclic) bond motifs is 1. The number of benzene rings is 1. The molecule has 4 rings (SSSR count). The number of rotatable bonds is 3. The second kappa shape index (κ2) is 4.89. The second-order valence-corrected chi connectivity index (χ2v) is 6.64. The normalized spacial score (nSPS) is 17.6. The predicted octanol–water partition coefficient (Wildman–Crippen LogP) is 2.62. The number of nitrogens with two attached hydrogens (primary N) is 1. The predicted molar refractivity (Wildman–Crippen MR) is 83.3 cm³/mol. The van der Waals surface area contributed by atoms with Gasteiger partial charge in [0.2, 0.25) is 4.96 Å². The lowest BCUT2D eigenvalue weighted by atomic mass is 9.87. The van der Waals surface area contributed by atoms with Crippen LogP contribution in [0.2, 0.25) is 0 Å². The number of hydrogen-bond acceptors (Lipinski definition) is 5. The summed E-state index contributed by atoms with van der Waals surface area (Å²) in [7, 11) is 0. The minimum Gasteiger partial charge on any atom is -0.329 e. The Balaban J connectivity index is 1.83. The van der Waals surface area contributed by atoms with Crippen LogP contribution in [0.15, 0.2) is 30.3 Å². The van der Waals surface area contributed by atoms with E-state index in [1.165, 1.54) is 12.8 Å². The molecule has 2 N–H and O–H groups in total. The third-order valence-corrected chi connectivity index (χ3v) is 5.57. The maximum absolute atomic E-state index is 6.06. The van der Waals surface area contributed by atoms with E-state index in [9.17, 15) is 0 Å². The third-order valence-electron chi connectivity index (χ3n) is 4.43. The van der Waals surface area contributed by atoms with Crippen molar-refractivity contribution in [3.63, 3.8) is 0 Å². The molecule has 1 aromatic carbocycles. The molecule has 0 unspecified atom stereocenters. The maximum Gasteiger partial charge on any atom is 0.234 e. The van der Waals surface area contributed by atoms with E-state index in [0.717, 1.165) is 34.2 Å². The lowest BCUT2D eigenvalue weighted by Crippen LogP contribution is -2.32. The molecular weight excluding hydrogens is 282 g/mol. The highest BCUT2D eigenvalue weighted by Crippen LogP contribution is 2.42. The van der Waals surface area contributed by atoms with E-state index < -0.39 is 0 Å². The van der Waals surface area contributed by atoms with Crippen LogP contribution in [0.5, 0.6) is 0 Å². The summed E-state index contributed by atoms with van der Waals surface area (Å²) >= 11 is 1.63. The largest absolute Gasteiger partial charge is 0.329 e. The zero-order valence-electron chi connectivity index (χ0n) is 11.7. The van der Waals surface area contributed by atoms with Crippen LogP contribution in [0.25, 0.3) is 16.3 Å². The highest BCUT2D eigenvalue weighted by Gasteiger charge is 2.38. The van der Waals surface area contributed by atoms with E-state index in [0.29, 0.717) is 6.54 Å². The first-order valence-corrected chi connectivity index (χ1v) is 8.12. The van der Waals surface area contributed by atoms with Crippen molar-refractivity contribution in [3.05, 3.63) is 35.3 Å². The fourth-order valence-electron chi connectivity index (χ4n) is 3.16. The number of hydrogen-bond donors (Lipinski definition) is 1. The molecule has 0 atom stereocenters. The summed E-state index contributed by atoms with van der Waals surface area (Å²) < 4.78 is 1.87. The van der Waals surface area contributed by atoms with Crippen molar-refractivity contribution in [2.45, 2.75) is 31.1 Å². The lowest BCUT2D eigenvalue weighted by molar-refractivity contribution is 0.445. The van der Waals surface area contributed by atoms with Gasteiger partial charge >= 0.3 is 0 Å². The minimum atomic E-state index is 0.0549. The average Bonchev–Trinajstić information content (AvgIpc) is 3.23. The van der Waals surface area contributed by atoms with Gasteiger partial charge in [0.15, 0.2) is 5.82 Å². The molecule has 0 aliphatic heterocycles. The van der Waals surface area contributed by atoms with Crippen LogP contribution in [0.1, 0.15) is 30.7 Å². The van der Waals surface area contributed by atoms with Gasteiger partial charge < -0.3 is 5.73 Å². The van der Waals surface area contributed by atoms with Gasteiger partial charge in [0.25, 0.3) is 0 Å². The summed E-state index contributed by atoms with van der Waals surface area (Å²) in [5.74, 6) is 0.804. The van der Waals surface area contributed by atoms with Crippen LogP contribution >= 0.6 is 11.3 Å². The van der Waals surface area contributed by atoms with E-state index in [1.807, 2.05) is 34.8 Å². The zero-order chi connectivity index (χ0) is 14.3. The molecule has 3 aromatic rings. The molecule has 0 saturated heterocycles. The summed E-state index contributed by atoms with van der Waals surface area (Å²) in [4.78, 5) is 0.851. The van der Waals surface area contributed by atoms with Gasteiger partial charge in [-0.15, -0.1) is 10.2 Å². The Hall–Kier alpha value is -1.79. The van der Waals surface area contributed by atoms with Crippen LogP contribution in [0.4, 0.5) is 0 Å². The van der Waals surface area contributed by atoms with Crippen LogP contribution < -0.4 is 5.73 Å². The van der Waals surface area contributed by atoms with E-state index >= 15 is 0 Å². The topological polar surface area (TPSA) is 69.1 Å². The molecule has 0 spiro atoms. The Morgan fingerprint density at radius 1 is 1.14 bits per heavy atom. The Bertz CT molecular complexity index is 755. The highest BCUT2D eigenvalue weighted by atomic mass is 32.1. The summed E-state index contributed by atoms with van der Waals surface area (Å²) in [6, 6.07) is 10.1. The molecule has 21 heavy (non-hydrogen) atoms. The Kier molecular flexibility index (Phi) is 3.01. The van der Waals surface area contributed by atoms with Crippen LogP contribution in [0.3, 0.4) is 0 Å². The molecule has 1 saturated carbocycles. The molecule has 108 valence electrons. The quantitative estimate of drug-likeness (QED) is 0.807. The average molecular weight is 299 g/mol. The summed E-state index contributed by atoms with van der Waals surface area (Å²) in [6.45, 7) is 0.664. The van der Waals surface area contributed by atoms with Crippen molar-refractivity contribution in [2.75, 3.05) is 6.54 Å². The van der Waals surface area contributed by atoms with Gasteiger partial charge in [-0.2, -0.15) is 9.61 Å². The van der Waals surface area contributed by atoms with Crippen LogP contribution in [-0.4, -0.2) is 26.4 Å². The van der Waals surface area contributed by atoms with Crippen LogP contribution in [-0.2, 0) is 5.41 Å². The molecule has 0 bridgehead atoms. The molecule has 6 heteroatoms. The van der Waals surface area contributed by atoms with Gasteiger partial charge in [-0.3, -0.25) is 0 Å². The van der Waals surface area contributed by atoms with Gasteiger partial charge in [-0.05, 0) is 12.8 Å². The third kappa shape index (κ3) is 1.98. The summed E-state index contributed by atoms with van der Waals surface area (Å²) in [5, 5.41) is 14.5. The van der Waals surface area contributed by atoms with Gasteiger partial charge in [-0.25, -0.2) is 0 Å². The molecule has 1 aliphatic carbocycles. The molecule has 1 aliphatic rings. The summed E-state index contributed by atoms with van der Waals surface area (Å²) in [6.07, 6.45) is 4.74. The number of nitrogens with zero attached hydrogens (tertiary/aromatic N) is 4. The molecule has 5 nitrogen and oxygen atoms in total. The second-order valence-electron chi connectivity index (χ2n) is 5.68. The first-order chi connectivity index (χ1) is 10.3. The van der Waals surface area contributed by atoms with Crippen molar-refractivity contribution < 1.29 is 0 Å². The van der Waals surface area contributed by atoms with Gasteiger partial charge in [0.05, 0.1) is 0 Å². The fourth-order valence-corrected chi connectivity index (χ4v) is 4.25. The maximum atomic E-state index is 6.06. The van der Waals surface area contributed by atoms with Gasteiger partial charge in [0.1, 0.15) is 5.01 Å². The van der Waals surface area contributed by atoms with E-state index in [2.05, 4.69) is 10.2 Å². The molecule has 2 heterocycles. The first kappa shape index (κ1) is 12.9. The van der Waals surface area contributed by atoms with Crippen molar-refractivity contribution in [1.29, 1.82) is 0 Å². The lowest BCUT2D eigenvalue weighted by Gasteiger charge is -2.23. The van der Waals surface area contributed by atoms with E-state index in [-0.39, 0.29) is 5.41 Å². The molecule has 1 fully saturated rings. The Morgan fingerprint density at radius 2 is 1.90 bits per heavy atom. The fraction of sp³-hybridized carbons (Fsp3) is 0.400. The van der Waals surface area contributed by atoms with Crippen molar-refractivity contribution in [2.24, 2.45) is 5.73 Å². The van der Waals surface area contributed by atoms with Crippen molar-refractivity contribution >= 4 is 16.3 Å². The summed E-state index contributed by atoms with van der Waals surface area (Å²) in [5.41, 5.74) is 7.15. The molecule has 0 radical (unpaired) electrons. The van der Waals surface area contributed by atoms with Crippen molar-refractivity contribution in [3.8, 4) is 11.4 Å². The Morgan fingerprint density at radius 3 is 2.62 bits per heavy atom. The SMILES string of the molecule is NCC1(c2nn3c(-c4ccccc4)nnc3s2)CCCC1. The number of aromatic nitrogens is 4. The standard InChI is InChI=1S/C15H17N5S/c16-10-15(8-4-5-9-15)13-19-20-12(17-18-14(20)21-13)11-6-2-1-3-7-11/h1-3,6-7H,4-5,8-10,16H2. The van der Waals surface area contributed by atoms with Crippen molar-refractivity contribution in [1.82, 2.24) is 19.8 Å². The molecule has 0 amide bonds. The van der Waals surface area contributed by atoms with Gasteiger partial charge in [-0.1, -0.05) is 54.5 Å². The van der Waals surface area contributed by atoms with Crippen LogP contribution in [0, 0.1) is 0 Å². The highest BCUT2D eigenvalue weighted by molar-refractivity contribution is 7.16. The Labute approximate surface area is 126 Å². The van der Waals surface area contributed by atoms with E-state index in [4.69, 9.17) is 10.8 Å². The van der Waals surface area contributed by atoms with E-state index in [1.54, 1.807) is 11.3 Å². The molecule has 2 aromatic heterocycles.